The molecule has 0 bridgehead atoms. The van der Waals surface area contributed by atoms with Gasteiger partial charge in [-0.1, -0.05) is 42.0 Å². The van der Waals surface area contributed by atoms with E-state index in [9.17, 15) is 8.78 Å². The Labute approximate surface area is 120 Å². The van der Waals surface area contributed by atoms with Gasteiger partial charge in [0.2, 0.25) is 0 Å². The summed E-state index contributed by atoms with van der Waals surface area (Å²) in [5.41, 5.74) is 1.00. The minimum Gasteiger partial charge on any atom is -0.347 e. The molecule has 0 saturated carbocycles. The summed E-state index contributed by atoms with van der Waals surface area (Å²) in [4.78, 5) is 0.415. The summed E-state index contributed by atoms with van der Waals surface area (Å²) in [5, 5.41) is 3.35. The summed E-state index contributed by atoms with van der Waals surface area (Å²) in [6.07, 6.45) is 0.395. The maximum absolute atomic E-state index is 13.4. The van der Waals surface area contributed by atoms with Crippen molar-refractivity contribution in [1.29, 1.82) is 0 Å². The van der Waals surface area contributed by atoms with Gasteiger partial charge in [-0.15, -0.1) is 0 Å². The third kappa shape index (κ3) is 3.72. The Morgan fingerprint density at radius 1 is 1.16 bits per heavy atom. The summed E-state index contributed by atoms with van der Waals surface area (Å²) in [6.45, 7) is 0. The van der Waals surface area contributed by atoms with Crippen molar-refractivity contribution in [3.8, 4) is 0 Å². The molecule has 1 nitrogen and oxygen atoms in total. The van der Waals surface area contributed by atoms with Crippen molar-refractivity contribution < 1.29 is 8.78 Å². The van der Waals surface area contributed by atoms with E-state index in [2.05, 4.69) is 5.32 Å². The van der Waals surface area contributed by atoms with Crippen molar-refractivity contribution >= 4 is 34.5 Å². The third-order valence-electron chi connectivity index (χ3n) is 2.51. The minimum absolute atomic E-state index is 0.151. The van der Waals surface area contributed by atoms with Crippen LogP contribution in [0.5, 0.6) is 0 Å². The van der Waals surface area contributed by atoms with Crippen LogP contribution in [0.25, 0.3) is 0 Å². The highest BCUT2D eigenvalue weighted by atomic mass is 35.5. The Morgan fingerprint density at radius 2 is 1.89 bits per heavy atom. The second kappa shape index (κ2) is 6.08. The normalized spacial score (nSPS) is 10.3. The van der Waals surface area contributed by atoms with Crippen molar-refractivity contribution in [3.63, 3.8) is 0 Å². The third-order valence-corrected chi connectivity index (χ3v) is 3.13. The number of rotatable bonds is 3. The van der Waals surface area contributed by atoms with Crippen LogP contribution >= 0.6 is 23.8 Å². The Morgan fingerprint density at radius 3 is 2.58 bits per heavy atom. The van der Waals surface area contributed by atoms with Gasteiger partial charge in [-0.25, -0.2) is 8.78 Å². The Hall–Kier alpha value is -1.52. The largest absolute Gasteiger partial charge is 0.347 e. The number of benzene rings is 2. The molecular weight excluding hydrogens is 288 g/mol. The van der Waals surface area contributed by atoms with Gasteiger partial charge < -0.3 is 5.32 Å². The van der Waals surface area contributed by atoms with E-state index >= 15 is 0 Å². The molecule has 0 unspecified atom stereocenters. The highest BCUT2D eigenvalue weighted by Crippen LogP contribution is 2.18. The number of thiocarbonyl (C=S) groups is 1. The van der Waals surface area contributed by atoms with Gasteiger partial charge in [-0.2, -0.15) is 0 Å². The van der Waals surface area contributed by atoms with Crippen molar-refractivity contribution in [2.75, 3.05) is 5.32 Å². The summed E-state index contributed by atoms with van der Waals surface area (Å²) in [5.74, 6) is -1.30. The average molecular weight is 298 g/mol. The van der Waals surface area contributed by atoms with Crippen molar-refractivity contribution in [3.05, 3.63) is 64.7 Å². The molecule has 1 N–H and O–H groups in total. The van der Waals surface area contributed by atoms with Crippen LogP contribution in [0.2, 0.25) is 5.02 Å². The van der Waals surface area contributed by atoms with E-state index in [0.717, 1.165) is 11.6 Å². The summed E-state index contributed by atoms with van der Waals surface area (Å²) in [6, 6.07) is 10.6. The van der Waals surface area contributed by atoms with E-state index in [1.807, 2.05) is 18.2 Å². The first-order chi connectivity index (χ1) is 9.06. The van der Waals surface area contributed by atoms with Crippen LogP contribution < -0.4 is 5.32 Å². The van der Waals surface area contributed by atoms with Gasteiger partial charge >= 0.3 is 0 Å². The zero-order chi connectivity index (χ0) is 13.8. The number of nitrogens with one attached hydrogen (secondary N) is 1. The van der Waals surface area contributed by atoms with Crippen LogP contribution in [-0.2, 0) is 6.42 Å². The molecule has 0 atom stereocenters. The molecule has 2 aromatic rings. The molecular formula is C14H10ClF2NS. The fourth-order valence-electron chi connectivity index (χ4n) is 1.60. The second-order valence-electron chi connectivity index (χ2n) is 3.94. The maximum Gasteiger partial charge on any atom is 0.149 e. The van der Waals surface area contributed by atoms with E-state index in [1.54, 1.807) is 6.07 Å². The summed E-state index contributed by atoms with van der Waals surface area (Å²) < 4.78 is 26.2. The highest BCUT2D eigenvalue weighted by Gasteiger charge is 2.07. The highest BCUT2D eigenvalue weighted by molar-refractivity contribution is 7.80. The van der Waals surface area contributed by atoms with Crippen LogP contribution in [0.15, 0.2) is 42.5 Å². The molecule has 98 valence electrons. The molecule has 0 aliphatic carbocycles. The monoisotopic (exact) mass is 297 g/mol. The number of anilines is 1. The SMILES string of the molecule is Fc1ccc(NC(=S)Cc2ccccc2Cl)c(F)c1. The molecule has 0 amide bonds. The maximum atomic E-state index is 13.4. The fourth-order valence-corrected chi connectivity index (χ4v) is 2.07. The summed E-state index contributed by atoms with van der Waals surface area (Å²) in [7, 11) is 0. The first-order valence-electron chi connectivity index (χ1n) is 5.54. The quantitative estimate of drug-likeness (QED) is 0.831. The molecule has 0 saturated heterocycles. The lowest BCUT2D eigenvalue weighted by molar-refractivity contribution is 0.586. The van der Waals surface area contributed by atoms with Gasteiger partial charge in [0.05, 0.1) is 10.7 Å². The standard InChI is InChI=1S/C14H10ClF2NS/c15-11-4-2-1-3-9(11)7-14(19)18-13-6-5-10(16)8-12(13)17/h1-6,8H,7H2,(H,18,19). The minimum atomic E-state index is -0.679. The van der Waals surface area contributed by atoms with Crippen molar-refractivity contribution in [2.24, 2.45) is 0 Å². The van der Waals surface area contributed by atoms with E-state index in [0.29, 0.717) is 16.4 Å². The van der Waals surface area contributed by atoms with Crippen LogP contribution in [-0.4, -0.2) is 4.99 Å². The van der Waals surface area contributed by atoms with Gasteiger partial charge in [0.1, 0.15) is 11.6 Å². The Balaban J connectivity index is 2.08. The molecule has 5 heteroatoms. The molecule has 0 aliphatic heterocycles. The van der Waals surface area contributed by atoms with E-state index in [1.165, 1.54) is 12.1 Å². The fraction of sp³-hybridized carbons (Fsp3) is 0.0714. The van der Waals surface area contributed by atoms with Crippen LogP contribution in [0.1, 0.15) is 5.56 Å². The molecule has 0 fully saturated rings. The van der Waals surface area contributed by atoms with Crippen LogP contribution in [0.4, 0.5) is 14.5 Å². The number of halogens is 3. The molecule has 0 radical (unpaired) electrons. The zero-order valence-electron chi connectivity index (χ0n) is 9.79. The average Bonchev–Trinajstić information content (AvgIpc) is 2.36. The lowest BCUT2D eigenvalue weighted by Crippen LogP contribution is -2.13. The van der Waals surface area contributed by atoms with E-state index in [4.69, 9.17) is 23.8 Å². The van der Waals surface area contributed by atoms with E-state index in [-0.39, 0.29) is 5.69 Å². The molecule has 2 rings (SSSR count). The first kappa shape index (κ1) is 13.9. The number of hydrogen-bond acceptors (Lipinski definition) is 1. The van der Waals surface area contributed by atoms with Gasteiger partial charge in [-0.3, -0.25) is 0 Å². The van der Waals surface area contributed by atoms with E-state index < -0.39 is 11.6 Å². The molecule has 0 spiro atoms. The predicted molar refractivity (Wildman–Crippen MR) is 77.7 cm³/mol. The Kier molecular flexibility index (Phi) is 4.45. The van der Waals surface area contributed by atoms with Gasteiger partial charge in [0.25, 0.3) is 0 Å². The van der Waals surface area contributed by atoms with Gasteiger partial charge in [0.15, 0.2) is 0 Å². The zero-order valence-corrected chi connectivity index (χ0v) is 11.4. The number of hydrogen-bond donors (Lipinski definition) is 1. The topological polar surface area (TPSA) is 12.0 Å². The lowest BCUT2D eigenvalue weighted by atomic mass is 10.1. The Bertz CT molecular complexity index is 616. The van der Waals surface area contributed by atoms with Crippen molar-refractivity contribution in [2.45, 2.75) is 6.42 Å². The molecule has 0 aliphatic rings. The molecule has 0 aromatic heterocycles. The first-order valence-corrected chi connectivity index (χ1v) is 6.33. The molecule has 2 aromatic carbocycles. The summed E-state index contributed by atoms with van der Waals surface area (Å²) >= 11 is 11.2. The molecule has 0 heterocycles. The van der Waals surface area contributed by atoms with Crippen molar-refractivity contribution in [1.82, 2.24) is 0 Å². The van der Waals surface area contributed by atoms with Gasteiger partial charge in [0, 0.05) is 17.5 Å². The predicted octanol–water partition coefficient (Wildman–Crippen LogP) is 4.60. The van der Waals surface area contributed by atoms with Crippen LogP contribution in [0, 0.1) is 11.6 Å². The second-order valence-corrected chi connectivity index (χ2v) is 4.84. The molecule has 19 heavy (non-hydrogen) atoms. The smallest absolute Gasteiger partial charge is 0.149 e. The lowest BCUT2D eigenvalue weighted by Gasteiger charge is -2.10. The van der Waals surface area contributed by atoms with Crippen LogP contribution in [0.3, 0.4) is 0 Å². The van der Waals surface area contributed by atoms with Gasteiger partial charge in [-0.05, 0) is 23.8 Å².